The lowest BCUT2D eigenvalue weighted by molar-refractivity contribution is -0.209. The van der Waals surface area contributed by atoms with Gasteiger partial charge in [-0.2, -0.15) is 0 Å². The van der Waals surface area contributed by atoms with Gasteiger partial charge in [0, 0.05) is 12.3 Å². The quantitative estimate of drug-likeness (QED) is 0.459. The monoisotopic (exact) mass is 351 g/mol. The Kier molecular flexibility index (Phi) is 5.81. The molecule has 8 nitrogen and oxygen atoms in total. The molecule has 0 spiro atoms. The molecule has 5 N–H and O–H groups in total. The molecule has 0 aromatic heterocycles. The smallest absolute Gasteiger partial charge is 0.257 e. The van der Waals surface area contributed by atoms with Gasteiger partial charge in [0.1, 0.15) is 6.10 Å². The molecular formula is C17H21NO7. The Labute approximate surface area is 144 Å². The van der Waals surface area contributed by atoms with Crippen molar-refractivity contribution < 1.29 is 34.7 Å². The van der Waals surface area contributed by atoms with Crippen molar-refractivity contribution in [3.05, 3.63) is 47.7 Å². The number of aliphatic hydroxyl groups excluding tert-OH is 2. The maximum absolute atomic E-state index is 12.2. The molecule has 3 unspecified atom stereocenters. The van der Waals surface area contributed by atoms with Gasteiger partial charge in [-0.1, -0.05) is 6.07 Å². The highest BCUT2D eigenvalue weighted by Crippen LogP contribution is 2.29. The van der Waals surface area contributed by atoms with E-state index in [-0.39, 0.29) is 29.4 Å². The maximum atomic E-state index is 12.2. The number of methoxy groups -OCH3 is 1. The van der Waals surface area contributed by atoms with E-state index < -0.39 is 23.9 Å². The first-order chi connectivity index (χ1) is 11.8. The molecule has 1 aromatic carbocycles. The van der Waals surface area contributed by atoms with Crippen molar-refractivity contribution >= 4 is 5.91 Å². The fraction of sp³-hybridized carbons (Fsp3) is 0.353. The summed E-state index contributed by atoms with van der Waals surface area (Å²) in [6.45, 7) is 1.86. The topological polar surface area (TPSA) is 128 Å². The number of aromatic hydroxyl groups is 1. The predicted molar refractivity (Wildman–Crippen MR) is 87.6 cm³/mol. The van der Waals surface area contributed by atoms with E-state index in [1.165, 1.54) is 43.5 Å². The van der Waals surface area contributed by atoms with Crippen LogP contribution in [0.5, 0.6) is 11.5 Å². The molecule has 0 radical (unpaired) electrons. The van der Waals surface area contributed by atoms with Crippen LogP contribution >= 0.6 is 0 Å². The third kappa shape index (κ3) is 4.18. The van der Waals surface area contributed by atoms with Gasteiger partial charge in [-0.05, 0) is 42.8 Å². The normalized spacial score (nSPS) is 23.7. The number of carbonyl (C=O) groups is 1. The lowest BCUT2D eigenvalue weighted by Crippen LogP contribution is -2.45. The number of amides is 1. The number of hydrogen-bond donors (Lipinski definition) is 5. The Morgan fingerprint density at radius 1 is 1.44 bits per heavy atom. The van der Waals surface area contributed by atoms with Crippen molar-refractivity contribution in [2.45, 2.75) is 24.9 Å². The van der Waals surface area contributed by atoms with Crippen molar-refractivity contribution in [3.63, 3.8) is 0 Å². The van der Waals surface area contributed by atoms with Crippen molar-refractivity contribution in [3.8, 4) is 11.5 Å². The number of rotatable bonds is 6. The lowest BCUT2D eigenvalue weighted by atomic mass is 10.0. The van der Waals surface area contributed by atoms with Crippen LogP contribution in [0.1, 0.15) is 18.6 Å². The summed E-state index contributed by atoms with van der Waals surface area (Å²) in [6, 6.07) is 4.03. The van der Waals surface area contributed by atoms with Crippen LogP contribution in [-0.4, -0.2) is 51.9 Å². The molecule has 8 heteroatoms. The van der Waals surface area contributed by atoms with E-state index >= 15 is 0 Å². The van der Waals surface area contributed by atoms with Gasteiger partial charge in [-0.15, -0.1) is 0 Å². The van der Waals surface area contributed by atoms with Crippen molar-refractivity contribution in [2.24, 2.45) is 0 Å². The molecule has 0 saturated carbocycles. The van der Waals surface area contributed by atoms with Crippen LogP contribution in [0.4, 0.5) is 0 Å². The van der Waals surface area contributed by atoms with E-state index in [2.05, 4.69) is 5.32 Å². The van der Waals surface area contributed by atoms with Crippen LogP contribution < -0.4 is 10.1 Å². The highest BCUT2D eigenvalue weighted by molar-refractivity contribution is 5.84. The first-order valence-electron chi connectivity index (χ1n) is 7.62. The van der Waals surface area contributed by atoms with E-state index in [1.807, 2.05) is 0 Å². The molecule has 0 aliphatic heterocycles. The van der Waals surface area contributed by atoms with Gasteiger partial charge in [0.25, 0.3) is 5.91 Å². The highest BCUT2D eigenvalue weighted by Gasteiger charge is 2.35. The predicted octanol–water partition coefficient (Wildman–Crippen LogP) is 0.0901. The standard InChI is InChI=1S/C17H21NO7/c1-3-25-17(23)7-6-11(9-14(17)20)18-16(22)15(21)10-4-5-12(19)13(8-10)24-2/h4-9,14-15,19-21,23H,3H2,1-2H3,(H,18,22). The molecule has 0 heterocycles. The van der Waals surface area contributed by atoms with E-state index in [0.29, 0.717) is 0 Å². The Bertz CT molecular complexity index is 700. The summed E-state index contributed by atoms with van der Waals surface area (Å²) >= 11 is 0. The lowest BCUT2D eigenvalue weighted by Gasteiger charge is -2.31. The number of hydrogen-bond acceptors (Lipinski definition) is 7. The Morgan fingerprint density at radius 3 is 2.76 bits per heavy atom. The molecular weight excluding hydrogens is 330 g/mol. The summed E-state index contributed by atoms with van der Waals surface area (Å²) in [4.78, 5) is 12.2. The summed E-state index contributed by atoms with van der Waals surface area (Å²) in [6.07, 6.45) is 0.891. The van der Waals surface area contributed by atoms with Gasteiger partial charge < -0.3 is 35.2 Å². The van der Waals surface area contributed by atoms with Gasteiger partial charge >= 0.3 is 0 Å². The van der Waals surface area contributed by atoms with E-state index in [0.717, 1.165) is 0 Å². The number of carbonyl (C=O) groups excluding carboxylic acids is 1. The summed E-state index contributed by atoms with van der Waals surface area (Å²) in [5.74, 6) is -2.60. The largest absolute Gasteiger partial charge is 0.504 e. The minimum Gasteiger partial charge on any atom is -0.504 e. The molecule has 1 aromatic rings. The second-order valence-corrected chi connectivity index (χ2v) is 5.41. The van der Waals surface area contributed by atoms with Crippen LogP contribution in [0, 0.1) is 0 Å². The number of benzene rings is 1. The summed E-state index contributed by atoms with van der Waals surface area (Å²) in [7, 11) is 1.35. The first kappa shape index (κ1) is 18.9. The average Bonchev–Trinajstić information content (AvgIpc) is 2.58. The SMILES string of the molecule is CCOC1(O)C=CC(NC(=O)C(O)c2ccc(O)c(OC)c2)=CC1O. The molecule has 1 aliphatic carbocycles. The molecule has 25 heavy (non-hydrogen) atoms. The van der Waals surface area contributed by atoms with Gasteiger partial charge in [0.2, 0.25) is 5.79 Å². The minimum absolute atomic E-state index is 0.116. The van der Waals surface area contributed by atoms with Crippen molar-refractivity contribution in [1.82, 2.24) is 5.32 Å². The number of ether oxygens (including phenoxy) is 2. The van der Waals surface area contributed by atoms with Crippen LogP contribution in [0.2, 0.25) is 0 Å². The van der Waals surface area contributed by atoms with Crippen LogP contribution in [0.15, 0.2) is 42.1 Å². The number of phenolic OH excluding ortho intramolecular Hbond substituents is 1. The maximum Gasteiger partial charge on any atom is 0.257 e. The molecule has 1 amide bonds. The number of allylic oxidation sites excluding steroid dienone is 1. The highest BCUT2D eigenvalue weighted by atomic mass is 16.6. The van der Waals surface area contributed by atoms with Crippen LogP contribution in [0.25, 0.3) is 0 Å². The number of phenols is 1. The van der Waals surface area contributed by atoms with E-state index in [9.17, 15) is 25.2 Å². The Balaban J connectivity index is 2.09. The first-order valence-corrected chi connectivity index (χ1v) is 7.62. The number of nitrogens with one attached hydrogen (secondary N) is 1. The molecule has 0 bridgehead atoms. The zero-order chi connectivity index (χ0) is 18.6. The van der Waals surface area contributed by atoms with Crippen LogP contribution in [-0.2, 0) is 9.53 Å². The fourth-order valence-electron chi connectivity index (χ4n) is 2.33. The van der Waals surface area contributed by atoms with Crippen molar-refractivity contribution in [2.75, 3.05) is 13.7 Å². The summed E-state index contributed by atoms with van der Waals surface area (Å²) in [5.41, 5.74) is 0.422. The van der Waals surface area contributed by atoms with E-state index in [1.54, 1.807) is 6.92 Å². The third-order valence-electron chi connectivity index (χ3n) is 3.67. The average molecular weight is 351 g/mol. The van der Waals surface area contributed by atoms with Crippen molar-refractivity contribution in [1.29, 1.82) is 0 Å². The second-order valence-electron chi connectivity index (χ2n) is 5.41. The van der Waals surface area contributed by atoms with Gasteiger partial charge in [0.05, 0.1) is 7.11 Å². The van der Waals surface area contributed by atoms with Gasteiger partial charge in [0.15, 0.2) is 17.6 Å². The zero-order valence-corrected chi connectivity index (χ0v) is 13.8. The van der Waals surface area contributed by atoms with Gasteiger partial charge in [-0.25, -0.2) is 0 Å². The molecule has 0 saturated heterocycles. The molecule has 0 fully saturated rings. The molecule has 136 valence electrons. The molecule has 2 rings (SSSR count). The zero-order valence-electron chi connectivity index (χ0n) is 13.8. The van der Waals surface area contributed by atoms with Gasteiger partial charge in [-0.3, -0.25) is 4.79 Å². The Hall–Kier alpha value is -2.39. The Morgan fingerprint density at radius 2 is 2.16 bits per heavy atom. The molecule has 3 atom stereocenters. The third-order valence-corrected chi connectivity index (χ3v) is 3.67. The van der Waals surface area contributed by atoms with E-state index in [4.69, 9.17) is 9.47 Å². The molecule has 1 aliphatic rings. The second kappa shape index (κ2) is 7.66. The summed E-state index contributed by atoms with van der Waals surface area (Å²) in [5, 5.41) is 42.1. The minimum atomic E-state index is -1.86. The number of aliphatic hydroxyl groups is 3. The van der Waals surface area contributed by atoms with Crippen LogP contribution in [0.3, 0.4) is 0 Å². The summed E-state index contributed by atoms with van der Waals surface area (Å²) < 4.78 is 10.00. The fourth-order valence-corrected chi connectivity index (χ4v) is 2.33.